The van der Waals surface area contributed by atoms with Crippen LogP contribution in [0.25, 0.3) is 0 Å². The van der Waals surface area contributed by atoms with Gasteiger partial charge in [0.2, 0.25) is 0 Å². The largest absolute Gasteiger partial charge is 0.380 e. The third kappa shape index (κ3) is 7.71. The number of halogens is 2. The number of benzene rings is 1. The average Bonchev–Trinajstić information content (AvgIpc) is 3.09. The van der Waals surface area contributed by atoms with Crippen molar-refractivity contribution in [2.24, 2.45) is 4.99 Å². The summed E-state index contributed by atoms with van der Waals surface area (Å²) >= 11 is 1.65. The molecule has 0 radical (unpaired) electrons. The highest BCUT2D eigenvalue weighted by molar-refractivity contribution is 14.0. The van der Waals surface area contributed by atoms with Gasteiger partial charge in [-0.15, -0.1) is 35.3 Å². The highest BCUT2D eigenvalue weighted by Gasteiger charge is 2.07. The molecule has 2 aromatic rings. The summed E-state index contributed by atoms with van der Waals surface area (Å²) in [6.07, 6.45) is 0. The molecule has 2 N–H and O–H groups in total. The van der Waals surface area contributed by atoms with Crippen molar-refractivity contribution < 1.29 is 9.13 Å². The maximum atomic E-state index is 13.7. The Balaban J connectivity index is 0.00000364. The van der Waals surface area contributed by atoms with Crippen LogP contribution in [0.15, 0.2) is 28.6 Å². The summed E-state index contributed by atoms with van der Waals surface area (Å²) in [5.74, 6) is 0.891. The Hall–Kier alpha value is -1.26. The van der Waals surface area contributed by atoms with Crippen LogP contribution in [0.4, 0.5) is 4.39 Å². The zero-order valence-corrected chi connectivity index (χ0v) is 19.4. The van der Waals surface area contributed by atoms with Crippen molar-refractivity contribution in [3.05, 3.63) is 51.2 Å². The molecule has 8 heteroatoms. The maximum Gasteiger partial charge on any atom is 0.191 e. The molecule has 27 heavy (non-hydrogen) atoms. The first-order valence-electron chi connectivity index (χ1n) is 8.76. The molecular weight excluding hydrogens is 478 g/mol. The number of guanidine groups is 1. The first-order chi connectivity index (χ1) is 12.5. The molecule has 2 rings (SSSR count). The highest BCUT2D eigenvalue weighted by Crippen LogP contribution is 2.17. The van der Waals surface area contributed by atoms with Gasteiger partial charge in [0.1, 0.15) is 10.8 Å². The molecule has 0 saturated carbocycles. The third-order valence-corrected chi connectivity index (χ3v) is 4.61. The van der Waals surface area contributed by atoms with Gasteiger partial charge in [0.25, 0.3) is 0 Å². The number of hydrogen-bond acceptors (Lipinski definition) is 4. The summed E-state index contributed by atoms with van der Waals surface area (Å²) in [5.41, 5.74) is 2.60. The zero-order valence-electron chi connectivity index (χ0n) is 16.2. The van der Waals surface area contributed by atoms with Crippen molar-refractivity contribution in [2.45, 2.75) is 46.4 Å². The van der Waals surface area contributed by atoms with Gasteiger partial charge >= 0.3 is 0 Å². The van der Waals surface area contributed by atoms with Crippen molar-refractivity contribution >= 4 is 41.3 Å². The zero-order chi connectivity index (χ0) is 18.9. The molecule has 1 aromatic heterocycles. The number of nitrogens with zero attached hydrogens (tertiary/aromatic N) is 2. The van der Waals surface area contributed by atoms with Gasteiger partial charge in [-0.1, -0.05) is 19.9 Å². The fourth-order valence-electron chi connectivity index (χ4n) is 2.34. The summed E-state index contributed by atoms with van der Waals surface area (Å²) in [4.78, 5) is 9.20. The Morgan fingerprint density at radius 2 is 2.11 bits per heavy atom. The van der Waals surface area contributed by atoms with Crippen LogP contribution in [0.5, 0.6) is 0 Å². The van der Waals surface area contributed by atoms with E-state index in [2.05, 4.69) is 39.8 Å². The Labute approximate surface area is 181 Å². The van der Waals surface area contributed by atoms with Crippen LogP contribution < -0.4 is 10.6 Å². The number of rotatable bonds is 8. The Kier molecular flexibility index (Phi) is 10.8. The van der Waals surface area contributed by atoms with E-state index in [0.717, 1.165) is 22.8 Å². The Bertz CT molecular complexity index is 736. The summed E-state index contributed by atoms with van der Waals surface area (Å²) in [6.45, 7) is 8.40. The van der Waals surface area contributed by atoms with E-state index in [0.29, 0.717) is 30.5 Å². The van der Waals surface area contributed by atoms with Crippen LogP contribution >= 0.6 is 35.3 Å². The second-order valence-electron chi connectivity index (χ2n) is 6.23. The van der Waals surface area contributed by atoms with E-state index in [9.17, 15) is 4.39 Å². The lowest BCUT2D eigenvalue weighted by Crippen LogP contribution is -2.36. The van der Waals surface area contributed by atoms with Gasteiger partial charge in [0.15, 0.2) is 5.96 Å². The van der Waals surface area contributed by atoms with Crippen molar-refractivity contribution in [3.8, 4) is 0 Å². The lowest BCUT2D eigenvalue weighted by Gasteiger charge is -2.10. The van der Waals surface area contributed by atoms with Crippen molar-refractivity contribution in [2.75, 3.05) is 13.7 Å². The fourth-order valence-corrected chi connectivity index (χ4v) is 3.23. The number of aliphatic imine (C=N–C) groups is 1. The number of thiazole rings is 1. The quantitative estimate of drug-likeness (QED) is 0.316. The monoisotopic (exact) mass is 506 g/mol. The number of methoxy groups -OCH3 is 1. The summed E-state index contributed by atoms with van der Waals surface area (Å²) in [7, 11) is 1.56. The first-order valence-corrected chi connectivity index (χ1v) is 9.64. The normalized spacial score (nSPS) is 11.4. The molecule has 0 aliphatic carbocycles. The van der Waals surface area contributed by atoms with E-state index in [1.54, 1.807) is 30.6 Å². The first kappa shape index (κ1) is 23.8. The second kappa shape index (κ2) is 12.2. The van der Waals surface area contributed by atoms with Gasteiger partial charge in [-0.05, 0) is 30.5 Å². The predicted molar refractivity (Wildman–Crippen MR) is 120 cm³/mol. The molecule has 0 aliphatic rings. The van der Waals surface area contributed by atoms with E-state index in [1.165, 1.54) is 6.07 Å². The molecule has 0 saturated heterocycles. The van der Waals surface area contributed by atoms with Crippen LogP contribution in [-0.4, -0.2) is 24.6 Å². The van der Waals surface area contributed by atoms with Gasteiger partial charge in [-0.25, -0.2) is 14.4 Å². The summed E-state index contributed by atoms with van der Waals surface area (Å²) in [6, 6.07) is 5.00. The van der Waals surface area contributed by atoms with Crippen LogP contribution in [0.3, 0.4) is 0 Å². The molecule has 1 heterocycles. The molecule has 0 bridgehead atoms. The van der Waals surface area contributed by atoms with E-state index >= 15 is 0 Å². The van der Waals surface area contributed by atoms with Crippen LogP contribution in [-0.2, 0) is 24.4 Å². The fraction of sp³-hybridized carbons (Fsp3) is 0.474. The average molecular weight is 506 g/mol. The minimum absolute atomic E-state index is 0. The van der Waals surface area contributed by atoms with Crippen molar-refractivity contribution in [1.82, 2.24) is 15.6 Å². The maximum absolute atomic E-state index is 13.7. The predicted octanol–water partition coefficient (Wildman–Crippen LogP) is 4.43. The molecule has 0 fully saturated rings. The molecule has 0 atom stereocenters. The lowest BCUT2D eigenvalue weighted by molar-refractivity contribution is 0.181. The van der Waals surface area contributed by atoms with Gasteiger partial charge in [-0.3, -0.25) is 0 Å². The van der Waals surface area contributed by atoms with Gasteiger partial charge < -0.3 is 15.4 Å². The number of hydrogen-bond donors (Lipinski definition) is 2. The smallest absolute Gasteiger partial charge is 0.191 e. The SMILES string of the molecule is CCNC(=NCc1ccc(F)c(COC)c1)NCc1nc(C(C)C)cs1.I. The molecule has 0 amide bonds. The van der Waals surface area contributed by atoms with Gasteiger partial charge in [-0.2, -0.15) is 0 Å². The summed E-state index contributed by atoms with van der Waals surface area (Å²) in [5, 5.41) is 9.65. The van der Waals surface area contributed by atoms with E-state index in [-0.39, 0.29) is 36.4 Å². The Morgan fingerprint density at radius 3 is 2.74 bits per heavy atom. The van der Waals surface area contributed by atoms with E-state index in [4.69, 9.17) is 4.74 Å². The topological polar surface area (TPSA) is 58.5 Å². The van der Waals surface area contributed by atoms with E-state index < -0.39 is 0 Å². The molecular formula is C19H28FIN4OS. The second-order valence-corrected chi connectivity index (χ2v) is 7.17. The van der Waals surface area contributed by atoms with Gasteiger partial charge in [0, 0.05) is 24.6 Å². The Morgan fingerprint density at radius 1 is 1.33 bits per heavy atom. The van der Waals surface area contributed by atoms with Gasteiger partial charge in [0.05, 0.1) is 25.4 Å². The minimum atomic E-state index is -0.255. The minimum Gasteiger partial charge on any atom is -0.380 e. The third-order valence-electron chi connectivity index (χ3n) is 3.74. The van der Waals surface area contributed by atoms with Crippen molar-refractivity contribution in [1.29, 1.82) is 0 Å². The number of aromatic nitrogens is 1. The standard InChI is InChI=1S/C19H27FN4OS.HI/c1-5-21-19(23-10-18-24-17(12-26-18)13(2)3)22-9-14-6-7-16(20)15(8-14)11-25-4;/h6-8,12-13H,5,9-11H2,1-4H3,(H2,21,22,23);1H. The highest BCUT2D eigenvalue weighted by atomic mass is 127. The number of ether oxygens (including phenoxy) is 1. The number of nitrogens with one attached hydrogen (secondary N) is 2. The van der Waals surface area contributed by atoms with E-state index in [1.807, 2.05) is 6.92 Å². The van der Waals surface area contributed by atoms with Crippen LogP contribution in [0, 0.1) is 5.82 Å². The molecule has 0 aliphatic heterocycles. The van der Waals surface area contributed by atoms with Crippen LogP contribution in [0.2, 0.25) is 0 Å². The molecule has 1 aromatic carbocycles. The van der Waals surface area contributed by atoms with Crippen LogP contribution in [0.1, 0.15) is 48.5 Å². The molecule has 150 valence electrons. The molecule has 0 spiro atoms. The molecule has 5 nitrogen and oxygen atoms in total. The summed E-state index contributed by atoms with van der Waals surface area (Å²) < 4.78 is 18.7. The molecule has 0 unspecified atom stereocenters. The lowest BCUT2D eigenvalue weighted by atomic mass is 10.1. The van der Waals surface area contributed by atoms with Crippen molar-refractivity contribution in [3.63, 3.8) is 0 Å².